The standard InChI is InChI=1S/C23H19BrN4O2S/c1-3-4-10-27-17-9-8-15(24)12-16(17)18(21(27)29)19-22(30)28-23(31-19)25-20(26-28)14-7-5-6-13(2)11-14/h5-9,11-12H,3-4,10H2,1-2H3/b19-18-. The number of carbonyl (C=O) groups is 1. The number of halogens is 1. The lowest BCUT2D eigenvalue weighted by atomic mass is 10.1. The van der Waals surface area contributed by atoms with E-state index in [-0.39, 0.29) is 11.5 Å². The molecule has 0 atom stereocenters. The summed E-state index contributed by atoms with van der Waals surface area (Å²) in [6, 6.07) is 13.6. The maximum Gasteiger partial charge on any atom is 0.291 e. The van der Waals surface area contributed by atoms with Crippen molar-refractivity contribution >= 4 is 49.4 Å². The van der Waals surface area contributed by atoms with Crippen LogP contribution in [0.1, 0.15) is 30.9 Å². The summed E-state index contributed by atoms with van der Waals surface area (Å²) in [6.07, 6.45) is 1.88. The second kappa shape index (κ2) is 7.69. The summed E-state index contributed by atoms with van der Waals surface area (Å²) in [5.41, 5.74) is 3.71. The Hall–Kier alpha value is -2.84. The van der Waals surface area contributed by atoms with E-state index in [4.69, 9.17) is 0 Å². The second-order valence-electron chi connectivity index (χ2n) is 7.58. The molecule has 156 valence electrons. The molecule has 0 N–H and O–H groups in total. The molecule has 3 heterocycles. The average Bonchev–Trinajstić information content (AvgIpc) is 3.37. The summed E-state index contributed by atoms with van der Waals surface area (Å²) in [6.45, 7) is 4.72. The van der Waals surface area contributed by atoms with Crippen molar-refractivity contribution in [2.45, 2.75) is 26.7 Å². The van der Waals surface area contributed by atoms with Crippen LogP contribution in [0.25, 0.3) is 21.9 Å². The number of benzene rings is 2. The van der Waals surface area contributed by atoms with Gasteiger partial charge in [-0.1, -0.05) is 64.4 Å². The summed E-state index contributed by atoms with van der Waals surface area (Å²) in [7, 11) is 0. The van der Waals surface area contributed by atoms with Crippen molar-refractivity contribution in [2.24, 2.45) is 0 Å². The lowest BCUT2D eigenvalue weighted by molar-refractivity contribution is -0.113. The van der Waals surface area contributed by atoms with Gasteiger partial charge in [-0.15, -0.1) is 5.10 Å². The van der Waals surface area contributed by atoms with E-state index in [2.05, 4.69) is 32.9 Å². The lowest BCUT2D eigenvalue weighted by Crippen LogP contribution is -2.33. The summed E-state index contributed by atoms with van der Waals surface area (Å²) >= 11 is 4.71. The number of aryl methyl sites for hydroxylation is 1. The normalized spacial score (nSPS) is 15.2. The van der Waals surface area contributed by atoms with Gasteiger partial charge in [-0.2, -0.15) is 9.50 Å². The van der Waals surface area contributed by atoms with Gasteiger partial charge < -0.3 is 4.90 Å². The third kappa shape index (κ3) is 3.30. The van der Waals surface area contributed by atoms with Crippen molar-refractivity contribution in [1.82, 2.24) is 14.6 Å². The Bertz CT molecular complexity index is 1460. The van der Waals surface area contributed by atoms with Crippen LogP contribution in [0.3, 0.4) is 0 Å². The Morgan fingerprint density at radius 1 is 1.13 bits per heavy atom. The molecule has 0 spiro atoms. The molecule has 0 aliphatic carbocycles. The van der Waals surface area contributed by atoms with E-state index < -0.39 is 0 Å². The van der Waals surface area contributed by atoms with Crippen LogP contribution in [0, 0.1) is 6.92 Å². The summed E-state index contributed by atoms with van der Waals surface area (Å²) in [4.78, 5) is 33.4. The number of hydrogen-bond acceptors (Lipinski definition) is 5. The Balaban J connectivity index is 1.71. The fourth-order valence-electron chi connectivity index (χ4n) is 3.85. The summed E-state index contributed by atoms with van der Waals surface area (Å²) < 4.78 is 2.56. The van der Waals surface area contributed by atoms with E-state index >= 15 is 0 Å². The minimum Gasteiger partial charge on any atom is -0.308 e. The van der Waals surface area contributed by atoms with E-state index in [1.54, 1.807) is 4.90 Å². The Morgan fingerprint density at radius 2 is 1.97 bits per heavy atom. The van der Waals surface area contributed by atoms with Crippen molar-refractivity contribution in [1.29, 1.82) is 0 Å². The van der Waals surface area contributed by atoms with Crippen LogP contribution in [-0.2, 0) is 4.79 Å². The Kier molecular flexibility index (Phi) is 4.98. The summed E-state index contributed by atoms with van der Waals surface area (Å²) in [5, 5.41) is 4.44. The van der Waals surface area contributed by atoms with Crippen molar-refractivity contribution in [2.75, 3.05) is 11.4 Å². The molecule has 0 radical (unpaired) electrons. The molecule has 2 aromatic carbocycles. The van der Waals surface area contributed by atoms with Gasteiger partial charge in [0.05, 0.1) is 11.3 Å². The number of aromatic nitrogens is 3. The number of anilines is 1. The number of amides is 1. The molecule has 5 rings (SSSR count). The first kappa shape index (κ1) is 20.1. The lowest BCUT2D eigenvalue weighted by Gasteiger charge is -2.16. The molecule has 0 saturated carbocycles. The van der Waals surface area contributed by atoms with Crippen LogP contribution < -0.4 is 15.0 Å². The van der Waals surface area contributed by atoms with Crippen LogP contribution in [0.15, 0.2) is 51.7 Å². The number of carbonyl (C=O) groups excluding carboxylic acids is 1. The zero-order valence-corrected chi connectivity index (χ0v) is 19.5. The molecule has 6 nitrogen and oxygen atoms in total. The minimum atomic E-state index is -0.307. The predicted octanol–water partition coefficient (Wildman–Crippen LogP) is 3.95. The molecule has 0 bridgehead atoms. The van der Waals surface area contributed by atoms with E-state index in [9.17, 15) is 9.59 Å². The van der Waals surface area contributed by atoms with E-state index in [1.807, 2.05) is 49.4 Å². The Morgan fingerprint density at radius 3 is 2.71 bits per heavy atom. The topological polar surface area (TPSA) is 67.6 Å². The highest BCUT2D eigenvalue weighted by atomic mass is 79.9. The van der Waals surface area contributed by atoms with Gasteiger partial charge in [-0.25, -0.2) is 0 Å². The highest BCUT2D eigenvalue weighted by Gasteiger charge is 2.34. The Labute approximate surface area is 191 Å². The molecule has 0 unspecified atom stereocenters. The average molecular weight is 495 g/mol. The molecule has 1 amide bonds. The van der Waals surface area contributed by atoms with Crippen molar-refractivity contribution < 1.29 is 4.79 Å². The SMILES string of the molecule is CCCCN1C(=O)/C(=c2\sc3nc(-c4cccc(C)c4)nn3c2=O)c2cc(Br)ccc21. The second-order valence-corrected chi connectivity index (χ2v) is 9.48. The molecule has 0 fully saturated rings. The number of unbranched alkanes of at least 4 members (excludes halogenated alkanes) is 1. The third-order valence-corrected chi connectivity index (χ3v) is 6.90. The highest BCUT2D eigenvalue weighted by Crippen LogP contribution is 2.37. The molecule has 1 aliphatic rings. The van der Waals surface area contributed by atoms with Gasteiger partial charge in [0.15, 0.2) is 5.82 Å². The van der Waals surface area contributed by atoms with Gasteiger partial charge >= 0.3 is 0 Å². The van der Waals surface area contributed by atoms with Gasteiger partial charge in [-0.05, 0) is 37.6 Å². The van der Waals surface area contributed by atoms with Gasteiger partial charge in [0.1, 0.15) is 4.53 Å². The highest BCUT2D eigenvalue weighted by molar-refractivity contribution is 9.10. The first-order valence-corrected chi connectivity index (χ1v) is 11.7. The molecule has 1 aliphatic heterocycles. The van der Waals surface area contributed by atoms with Crippen LogP contribution in [0.2, 0.25) is 0 Å². The fourth-order valence-corrected chi connectivity index (χ4v) is 5.21. The van der Waals surface area contributed by atoms with Gasteiger partial charge in [0, 0.05) is 22.1 Å². The third-order valence-electron chi connectivity index (χ3n) is 5.37. The van der Waals surface area contributed by atoms with Gasteiger partial charge in [0.25, 0.3) is 11.5 Å². The molecular formula is C23H19BrN4O2S. The first-order valence-electron chi connectivity index (χ1n) is 10.1. The maximum atomic E-state index is 13.3. The van der Waals surface area contributed by atoms with E-state index in [0.717, 1.165) is 39.7 Å². The smallest absolute Gasteiger partial charge is 0.291 e. The monoisotopic (exact) mass is 494 g/mol. The molecule has 31 heavy (non-hydrogen) atoms. The molecule has 8 heteroatoms. The van der Waals surface area contributed by atoms with Crippen LogP contribution in [0.5, 0.6) is 0 Å². The molecule has 4 aromatic rings. The molecule has 2 aromatic heterocycles. The largest absolute Gasteiger partial charge is 0.308 e. The number of thiazole rings is 1. The van der Waals surface area contributed by atoms with Crippen molar-refractivity contribution in [3.63, 3.8) is 0 Å². The van der Waals surface area contributed by atoms with Gasteiger partial charge in [0.2, 0.25) is 4.96 Å². The quantitative estimate of drug-likeness (QED) is 0.430. The molecular weight excluding hydrogens is 476 g/mol. The van der Waals surface area contributed by atoms with Gasteiger partial charge in [-0.3, -0.25) is 9.59 Å². The van der Waals surface area contributed by atoms with E-state index in [0.29, 0.717) is 27.4 Å². The zero-order chi connectivity index (χ0) is 21.7. The minimum absolute atomic E-state index is 0.137. The summed E-state index contributed by atoms with van der Waals surface area (Å²) in [5.74, 6) is 0.371. The fraction of sp³-hybridized carbons (Fsp3) is 0.217. The van der Waals surface area contributed by atoms with Crippen LogP contribution >= 0.6 is 27.3 Å². The van der Waals surface area contributed by atoms with Crippen molar-refractivity contribution in [3.05, 3.63) is 73.0 Å². The predicted molar refractivity (Wildman–Crippen MR) is 126 cm³/mol. The van der Waals surface area contributed by atoms with Crippen LogP contribution in [0.4, 0.5) is 5.69 Å². The number of fused-ring (bicyclic) bond motifs is 2. The maximum absolute atomic E-state index is 13.3. The van der Waals surface area contributed by atoms with E-state index in [1.165, 1.54) is 15.9 Å². The molecule has 0 saturated heterocycles. The number of nitrogens with zero attached hydrogens (tertiary/aromatic N) is 4. The van der Waals surface area contributed by atoms with Crippen LogP contribution in [-0.4, -0.2) is 27.0 Å². The number of hydrogen-bond donors (Lipinski definition) is 0. The number of rotatable bonds is 4. The first-order chi connectivity index (χ1) is 15.0. The van der Waals surface area contributed by atoms with Crippen molar-refractivity contribution in [3.8, 4) is 11.4 Å². The zero-order valence-electron chi connectivity index (χ0n) is 17.1.